The second-order valence-corrected chi connectivity index (χ2v) is 3.61. The van der Waals surface area contributed by atoms with Gasteiger partial charge in [0.05, 0.1) is 0 Å². The molecule has 1 aromatic heterocycles. The van der Waals surface area contributed by atoms with Gasteiger partial charge in [-0.05, 0) is 36.5 Å². The Balaban J connectivity index is 2.24. The van der Waals surface area contributed by atoms with Gasteiger partial charge in [0.2, 0.25) is 5.95 Å². The molecular formula is C10H13FN2. The summed E-state index contributed by atoms with van der Waals surface area (Å²) in [5.74, 6) is -0.0749. The van der Waals surface area contributed by atoms with Crippen LogP contribution in [0.2, 0.25) is 0 Å². The van der Waals surface area contributed by atoms with Crippen LogP contribution >= 0.6 is 0 Å². The van der Waals surface area contributed by atoms with E-state index in [4.69, 9.17) is 5.73 Å². The van der Waals surface area contributed by atoms with E-state index in [0.29, 0.717) is 5.92 Å². The number of nitrogens with two attached hydrogens (primary N) is 1. The molecule has 2 atom stereocenters. The lowest BCUT2D eigenvalue weighted by Gasteiger charge is -2.14. The van der Waals surface area contributed by atoms with Gasteiger partial charge in [-0.15, -0.1) is 0 Å². The Morgan fingerprint density at radius 3 is 2.92 bits per heavy atom. The summed E-state index contributed by atoms with van der Waals surface area (Å²) in [6, 6.07) is 3.55. The maximum Gasteiger partial charge on any atom is 0.213 e. The van der Waals surface area contributed by atoms with Crippen molar-refractivity contribution in [2.24, 2.45) is 5.73 Å². The van der Waals surface area contributed by atoms with Crippen molar-refractivity contribution in [2.45, 2.75) is 31.2 Å². The molecule has 2 nitrogen and oxygen atoms in total. The normalized spacial score (nSPS) is 27.8. The van der Waals surface area contributed by atoms with E-state index in [1.54, 1.807) is 0 Å². The van der Waals surface area contributed by atoms with Gasteiger partial charge < -0.3 is 5.73 Å². The molecule has 0 aliphatic heterocycles. The van der Waals surface area contributed by atoms with Crippen molar-refractivity contribution in [3.05, 3.63) is 29.8 Å². The number of pyridine rings is 1. The van der Waals surface area contributed by atoms with Crippen LogP contribution in [0.4, 0.5) is 4.39 Å². The summed E-state index contributed by atoms with van der Waals surface area (Å²) in [5.41, 5.74) is 6.92. The molecule has 1 aromatic rings. The molecule has 0 radical (unpaired) electrons. The summed E-state index contributed by atoms with van der Waals surface area (Å²) in [6.07, 6.45) is 4.78. The Bertz CT molecular complexity index is 301. The molecule has 1 heterocycles. The first-order valence-corrected chi connectivity index (χ1v) is 4.64. The number of hydrogen-bond donors (Lipinski definition) is 1. The second-order valence-electron chi connectivity index (χ2n) is 3.61. The van der Waals surface area contributed by atoms with Crippen LogP contribution in [0.3, 0.4) is 0 Å². The fraction of sp³-hybridized carbons (Fsp3) is 0.500. The van der Waals surface area contributed by atoms with Crippen molar-refractivity contribution >= 4 is 0 Å². The highest BCUT2D eigenvalue weighted by Crippen LogP contribution is 2.32. The van der Waals surface area contributed by atoms with Crippen molar-refractivity contribution in [1.29, 1.82) is 0 Å². The number of nitrogens with zero attached hydrogens (tertiary/aromatic N) is 1. The minimum Gasteiger partial charge on any atom is -0.327 e. The highest BCUT2D eigenvalue weighted by molar-refractivity contribution is 5.19. The Kier molecular flexibility index (Phi) is 2.27. The van der Waals surface area contributed by atoms with Crippen LogP contribution in [0.5, 0.6) is 0 Å². The first-order valence-electron chi connectivity index (χ1n) is 4.64. The first kappa shape index (κ1) is 8.63. The quantitative estimate of drug-likeness (QED) is 0.669. The molecule has 1 fully saturated rings. The maximum absolute atomic E-state index is 12.8. The van der Waals surface area contributed by atoms with Crippen molar-refractivity contribution in [3.8, 4) is 0 Å². The molecule has 2 N–H and O–H groups in total. The summed E-state index contributed by atoms with van der Waals surface area (Å²) in [6.45, 7) is 0. The van der Waals surface area contributed by atoms with Crippen LogP contribution in [-0.2, 0) is 0 Å². The van der Waals surface area contributed by atoms with Crippen LogP contribution in [-0.4, -0.2) is 11.0 Å². The minimum absolute atomic E-state index is 0.196. The van der Waals surface area contributed by atoms with E-state index in [1.807, 2.05) is 6.07 Å². The van der Waals surface area contributed by atoms with Crippen LogP contribution in [0, 0.1) is 5.95 Å². The number of hydrogen-bond acceptors (Lipinski definition) is 2. The standard InChI is InChI=1S/C10H13FN2/c11-10-6-7(4-5-13-10)8-2-1-3-9(8)12/h4-6,8-9H,1-3,12H2. The molecule has 70 valence electrons. The van der Waals surface area contributed by atoms with Crippen molar-refractivity contribution < 1.29 is 4.39 Å². The van der Waals surface area contributed by atoms with Crippen LogP contribution in [0.15, 0.2) is 18.3 Å². The zero-order chi connectivity index (χ0) is 9.26. The zero-order valence-corrected chi connectivity index (χ0v) is 7.41. The van der Waals surface area contributed by atoms with E-state index < -0.39 is 5.95 Å². The smallest absolute Gasteiger partial charge is 0.213 e. The molecule has 0 saturated heterocycles. The van der Waals surface area contributed by atoms with Crippen molar-refractivity contribution in [2.75, 3.05) is 0 Å². The number of aromatic nitrogens is 1. The molecule has 2 unspecified atom stereocenters. The number of rotatable bonds is 1. The second kappa shape index (κ2) is 3.42. The third kappa shape index (κ3) is 1.70. The molecule has 1 aliphatic carbocycles. The Morgan fingerprint density at radius 1 is 1.46 bits per heavy atom. The van der Waals surface area contributed by atoms with E-state index >= 15 is 0 Å². The highest BCUT2D eigenvalue weighted by atomic mass is 19.1. The molecule has 0 aromatic carbocycles. The summed E-state index contributed by atoms with van der Waals surface area (Å²) in [5, 5.41) is 0. The molecule has 0 amide bonds. The molecule has 2 rings (SSSR count). The van der Waals surface area contributed by atoms with Crippen LogP contribution in [0.25, 0.3) is 0 Å². The van der Waals surface area contributed by atoms with Gasteiger partial charge >= 0.3 is 0 Å². The van der Waals surface area contributed by atoms with E-state index in [0.717, 1.165) is 24.8 Å². The first-order chi connectivity index (χ1) is 6.27. The Morgan fingerprint density at radius 2 is 2.31 bits per heavy atom. The van der Waals surface area contributed by atoms with Gasteiger partial charge in [0, 0.05) is 12.2 Å². The van der Waals surface area contributed by atoms with Gasteiger partial charge in [0.15, 0.2) is 0 Å². The van der Waals surface area contributed by atoms with E-state index in [9.17, 15) is 4.39 Å². The average Bonchev–Trinajstić information content (AvgIpc) is 2.51. The molecule has 0 spiro atoms. The molecular weight excluding hydrogens is 167 g/mol. The molecule has 13 heavy (non-hydrogen) atoms. The van der Waals surface area contributed by atoms with E-state index in [2.05, 4.69) is 4.98 Å². The van der Waals surface area contributed by atoms with Gasteiger partial charge in [0.25, 0.3) is 0 Å². The van der Waals surface area contributed by atoms with E-state index in [1.165, 1.54) is 12.3 Å². The van der Waals surface area contributed by atoms with Gasteiger partial charge in [-0.25, -0.2) is 4.98 Å². The van der Waals surface area contributed by atoms with Gasteiger partial charge in [-0.2, -0.15) is 4.39 Å². The molecule has 1 aliphatic rings. The molecule has 0 bridgehead atoms. The highest BCUT2D eigenvalue weighted by Gasteiger charge is 2.25. The summed E-state index contributed by atoms with van der Waals surface area (Å²) >= 11 is 0. The van der Waals surface area contributed by atoms with Gasteiger partial charge in [-0.1, -0.05) is 6.42 Å². The maximum atomic E-state index is 12.8. The summed E-state index contributed by atoms with van der Waals surface area (Å²) in [4.78, 5) is 3.53. The summed E-state index contributed by atoms with van der Waals surface area (Å²) in [7, 11) is 0. The SMILES string of the molecule is NC1CCCC1c1ccnc(F)c1. The average molecular weight is 180 g/mol. The van der Waals surface area contributed by atoms with Gasteiger partial charge in [0.1, 0.15) is 0 Å². The molecule has 3 heteroatoms. The monoisotopic (exact) mass is 180 g/mol. The lowest BCUT2D eigenvalue weighted by molar-refractivity contribution is 0.566. The van der Waals surface area contributed by atoms with E-state index in [-0.39, 0.29) is 6.04 Å². The van der Waals surface area contributed by atoms with Crippen LogP contribution < -0.4 is 5.73 Å². The predicted molar refractivity (Wildman–Crippen MR) is 48.8 cm³/mol. The predicted octanol–water partition coefficient (Wildman–Crippen LogP) is 1.82. The topological polar surface area (TPSA) is 38.9 Å². The lowest BCUT2D eigenvalue weighted by atomic mass is 9.96. The largest absolute Gasteiger partial charge is 0.327 e. The van der Waals surface area contributed by atoms with Crippen LogP contribution in [0.1, 0.15) is 30.7 Å². The van der Waals surface area contributed by atoms with Crippen molar-refractivity contribution in [1.82, 2.24) is 4.98 Å². The summed E-state index contributed by atoms with van der Waals surface area (Å²) < 4.78 is 12.8. The Labute approximate surface area is 77.0 Å². The lowest BCUT2D eigenvalue weighted by Crippen LogP contribution is -2.22. The third-order valence-corrected chi connectivity index (χ3v) is 2.75. The fourth-order valence-corrected chi connectivity index (χ4v) is 2.05. The zero-order valence-electron chi connectivity index (χ0n) is 7.41. The number of halogens is 1. The fourth-order valence-electron chi connectivity index (χ4n) is 2.05. The Hall–Kier alpha value is -0.960. The van der Waals surface area contributed by atoms with Gasteiger partial charge in [-0.3, -0.25) is 0 Å². The minimum atomic E-state index is -0.406. The molecule has 1 saturated carbocycles. The third-order valence-electron chi connectivity index (χ3n) is 2.75. The van der Waals surface area contributed by atoms with Crippen molar-refractivity contribution in [3.63, 3.8) is 0 Å².